The Morgan fingerprint density at radius 3 is 2.53 bits per heavy atom. The summed E-state index contributed by atoms with van der Waals surface area (Å²) in [4.78, 5) is 0. The Balaban J connectivity index is 1.65. The van der Waals surface area contributed by atoms with Gasteiger partial charge in [-0.3, -0.25) is 0 Å². The van der Waals surface area contributed by atoms with Crippen molar-refractivity contribution in [1.82, 2.24) is 5.32 Å². The van der Waals surface area contributed by atoms with Gasteiger partial charge in [0.1, 0.15) is 11.5 Å². The largest absolute Gasteiger partial charge is 0.466 e. The number of morpholine rings is 1. The highest BCUT2D eigenvalue weighted by atomic mass is 16.5. The Hall–Kier alpha value is -0.800. The molecular weight excluding hydrogens is 238 g/mol. The summed E-state index contributed by atoms with van der Waals surface area (Å²) in [5.74, 6) is 2.85. The van der Waals surface area contributed by atoms with Gasteiger partial charge in [-0.1, -0.05) is 6.92 Å². The number of furan rings is 1. The Morgan fingerprint density at radius 2 is 2.00 bits per heavy atom. The zero-order valence-electron chi connectivity index (χ0n) is 12.3. The lowest BCUT2D eigenvalue weighted by molar-refractivity contribution is -0.0509. The van der Waals surface area contributed by atoms with Crippen molar-refractivity contribution >= 4 is 0 Å². The maximum Gasteiger partial charge on any atom is 0.106 e. The van der Waals surface area contributed by atoms with Crippen LogP contribution in [0.3, 0.4) is 0 Å². The Kier molecular flexibility index (Phi) is 3.44. The van der Waals surface area contributed by atoms with Crippen LogP contribution in [-0.4, -0.2) is 18.7 Å². The van der Waals surface area contributed by atoms with E-state index >= 15 is 0 Å². The first-order chi connectivity index (χ1) is 9.08. The van der Waals surface area contributed by atoms with Crippen molar-refractivity contribution in [2.45, 2.75) is 58.1 Å². The van der Waals surface area contributed by atoms with Crippen LogP contribution in [0.2, 0.25) is 0 Å². The fourth-order valence-electron chi connectivity index (χ4n) is 3.48. The molecule has 1 N–H and O–H groups in total. The van der Waals surface area contributed by atoms with Crippen LogP contribution in [0.4, 0.5) is 0 Å². The van der Waals surface area contributed by atoms with Gasteiger partial charge >= 0.3 is 0 Å². The lowest BCUT2D eigenvalue weighted by atomic mass is 9.77. The van der Waals surface area contributed by atoms with Crippen LogP contribution in [0, 0.1) is 19.8 Å². The molecule has 1 saturated heterocycles. The van der Waals surface area contributed by atoms with Gasteiger partial charge in [-0.25, -0.2) is 0 Å². The molecular formula is C16H25NO2. The molecule has 3 heteroatoms. The molecule has 0 radical (unpaired) electrons. The molecule has 0 amide bonds. The van der Waals surface area contributed by atoms with E-state index in [0.29, 0.717) is 0 Å². The molecule has 3 rings (SSSR count). The predicted molar refractivity (Wildman–Crippen MR) is 75.2 cm³/mol. The van der Waals surface area contributed by atoms with Crippen molar-refractivity contribution in [1.29, 1.82) is 0 Å². The van der Waals surface area contributed by atoms with Crippen LogP contribution in [0.1, 0.15) is 55.8 Å². The van der Waals surface area contributed by atoms with Gasteiger partial charge in [0, 0.05) is 17.6 Å². The fraction of sp³-hybridized carbons (Fsp3) is 0.750. The van der Waals surface area contributed by atoms with Gasteiger partial charge in [-0.2, -0.15) is 0 Å². The number of hydrogen-bond donors (Lipinski definition) is 1. The SMILES string of the molecule is Cc1cc(C2CNC3(CCC(C)CC3)CO2)c(C)o1. The van der Waals surface area contributed by atoms with E-state index in [4.69, 9.17) is 9.15 Å². The summed E-state index contributed by atoms with van der Waals surface area (Å²) in [5.41, 5.74) is 1.46. The topological polar surface area (TPSA) is 34.4 Å². The van der Waals surface area contributed by atoms with Crippen LogP contribution < -0.4 is 5.32 Å². The highest BCUT2D eigenvalue weighted by molar-refractivity contribution is 5.24. The zero-order chi connectivity index (χ0) is 13.5. The predicted octanol–water partition coefficient (Wildman–Crippen LogP) is 3.51. The van der Waals surface area contributed by atoms with E-state index in [1.165, 1.54) is 31.2 Å². The third-order valence-electron chi connectivity index (χ3n) is 4.88. The molecule has 1 unspecified atom stereocenters. The normalized spacial score (nSPS) is 35.7. The molecule has 2 fully saturated rings. The van der Waals surface area contributed by atoms with E-state index < -0.39 is 0 Å². The van der Waals surface area contributed by atoms with Gasteiger partial charge in [0.25, 0.3) is 0 Å². The average Bonchev–Trinajstić information content (AvgIpc) is 2.74. The summed E-state index contributed by atoms with van der Waals surface area (Å²) in [6.45, 7) is 8.13. The Bertz CT molecular complexity index is 434. The Labute approximate surface area is 115 Å². The second-order valence-electron chi connectivity index (χ2n) is 6.51. The molecule has 106 valence electrons. The van der Waals surface area contributed by atoms with Gasteiger partial charge < -0.3 is 14.5 Å². The van der Waals surface area contributed by atoms with Crippen molar-refractivity contribution in [3.8, 4) is 0 Å². The first kappa shape index (κ1) is 13.2. The molecule has 1 aromatic heterocycles. The summed E-state index contributed by atoms with van der Waals surface area (Å²) in [6, 6.07) is 2.11. The van der Waals surface area contributed by atoms with Crippen LogP contribution in [0.15, 0.2) is 10.5 Å². The molecule has 2 aliphatic rings. The standard InChI is InChI=1S/C16H25NO2/c1-11-4-6-16(7-5-11)10-18-15(9-17-16)14-8-12(2)19-13(14)3/h8,11,15,17H,4-7,9-10H2,1-3H3. The number of ether oxygens (including phenoxy) is 1. The smallest absolute Gasteiger partial charge is 0.106 e. The van der Waals surface area contributed by atoms with Gasteiger partial charge in [0.2, 0.25) is 0 Å². The lowest BCUT2D eigenvalue weighted by Gasteiger charge is -2.45. The molecule has 2 heterocycles. The molecule has 0 bridgehead atoms. The highest BCUT2D eigenvalue weighted by Gasteiger charge is 2.39. The third-order valence-corrected chi connectivity index (χ3v) is 4.88. The summed E-state index contributed by atoms with van der Waals surface area (Å²) in [7, 11) is 0. The zero-order valence-corrected chi connectivity index (χ0v) is 12.3. The fourth-order valence-corrected chi connectivity index (χ4v) is 3.48. The first-order valence-electron chi connectivity index (χ1n) is 7.51. The van der Waals surface area contributed by atoms with Crippen molar-refractivity contribution in [3.05, 3.63) is 23.2 Å². The van der Waals surface area contributed by atoms with E-state index in [-0.39, 0.29) is 11.6 Å². The first-order valence-corrected chi connectivity index (χ1v) is 7.51. The lowest BCUT2D eigenvalue weighted by Crippen LogP contribution is -2.56. The average molecular weight is 263 g/mol. The number of rotatable bonds is 1. The summed E-state index contributed by atoms with van der Waals surface area (Å²) >= 11 is 0. The molecule has 0 aromatic carbocycles. The highest BCUT2D eigenvalue weighted by Crippen LogP contribution is 2.37. The minimum absolute atomic E-state index is 0.155. The Morgan fingerprint density at radius 1 is 1.26 bits per heavy atom. The van der Waals surface area contributed by atoms with Gasteiger partial charge in [-0.15, -0.1) is 0 Å². The van der Waals surface area contributed by atoms with E-state index in [9.17, 15) is 0 Å². The summed E-state index contributed by atoms with van der Waals surface area (Å²) in [5, 5.41) is 3.77. The maximum atomic E-state index is 6.16. The molecule has 1 spiro atoms. The van der Waals surface area contributed by atoms with Crippen LogP contribution >= 0.6 is 0 Å². The number of nitrogens with one attached hydrogen (secondary N) is 1. The van der Waals surface area contributed by atoms with Crippen LogP contribution in [-0.2, 0) is 4.74 Å². The molecule has 1 saturated carbocycles. The van der Waals surface area contributed by atoms with Gasteiger partial charge in [0.05, 0.1) is 12.7 Å². The summed E-state index contributed by atoms with van der Waals surface area (Å²) in [6.07, 6.45) is 5.31. The quantitative estimate of drug-likeness (QED) is 0.842. The summed E-state index contributed by atoms with van der Waals surface area (Å²) < 4.78 is 11.8. The second-order valence-corrected chi connectivity index (χ2v) is 6.51. The second kappa shape index (κ2) is 4.95. The van der Waals surface area contributed by atoms with Crippen molar-refractivity contribution in [3.63, 3.8) is 0 Å². The van der Waals surface area contributed by atoms with Crippen LogP contribution in [0.25, 0.3) is 0 Å². The van der Waals surface area contributed by atoms with E-state index in [1.54, 1.807) is 0 Å². The number of hydrogen-bond acceptors (Lipinski definition) is 3. The monoisotopic (exact) mass is 263 g/mol. The van der Waals surface area contributed by atoms with E-state index in [0.717, 1.165) is 30.6 Å². The van der Waals surface area contributed by atoms with E-state index in [2.05, 4.69) is 18.3 Å². The van der Waals surface area contributed by atoms with Gasteiger partial charge in [-0.05, 0) is 51.5 Å². The van der Waals surface area contributed by atoms with Crippen molar-refractivity contribution in [2.75, 3.05) is 13.2 Å². The molecule has 1 aromatic rings. The minimum Gasteiger partial charge on any atom is -0.466 e. The van der Waals surface area contributed by atoms with Crippen LogP contribution in [0.5, 0.6) is 0 Å². The van der Waals surface area contributed by atoms with Crippen molar-refractivity contribution in [2.24, 2.45) is 5.92 Å². The maximum absolute atomic E-state index is 6.16. The molecule has 3 nitrogen and oxygen atoms in total. The van der Waals surface area contributed by atoms with Crippen molar-refractivity contribution < 1.29 is 9.15 Å². The van der Waals surface area contributed by atoms with Gasteiger partial charge in [0.15, 0.2) is 0 Å². The molecule has 19 heavy (non-hydrogen) atoms. The molecule has 1 aliphatic carbocycles. The third kappa shape index (κ3) is 2.59. The molecule has 1 aliphatic heterocycles. The number of aryl methyl sites for hydroxylation is 2. The van der Waals surface area contributed by atoms with E-state index in [1.807, 2.05) is 13.8 Å². The minimum atomic E-state index is 0.155. The molecule has 1 atom stereocenters.